The Morgan fingerprint density at radius 1 is 1.39 bits per heavy atom. The summed E-state index contributed by atoms with van der Waals surface area (Å²) in [7, 11) is 1.36. The van der Waals surface area contributed by atoms with Crippen molar-refractivity contribution >= 4 is 5.97 Å². The summed E-state index contributed by atoms with van der Waals surface area (Å²) in [4.78, 5) is 11.1. The summed E-state index contributed by atoms with van der Waals surface area (Å²) < 4.78 is 14.6. The molecule has 8 heteroatoms. The average Bonchev–Trinajstić information content (AvgIpc) is 2.67. The normalized spacial score (nSPS) is 22.9. The smallest absolute Gasteiger partial charge is 0.378 e. The number of methoxy groups -OCH3 is 1. The fraction of sp³-hybridized carbons (Fsp3) is 0.700. The molecule has 0 aromatic heterocycles. The van der Waals surface area contributed by atoms with Crippen molar-refractivity contribution in [1.82, 2.24) is 0 Å². The molecule has 4 N–H and O–H groups in total. The van der Waals surface area contributed by atoms with E-state index in [0.29, 0.717) is 0 Å². The monoisotopic (exact) mass is 264 g/mol. The van der Waals surface area contributed by atoms with Crippen LogP contribution in [0.5, 0.6) is 0 Å². The number of rotatable bonds is 7. The van der Waals surface area contributed by atoms with Crippen molar-refractivity contribution in [2.45, 2.75) is 18.3 Å². The van der Waals surface area contributed by atoms with E-state index in [9.17, 15) is 15.0 Å². The Balaban J connectivity index is 2.72. The summed E-state index contributed by atoms with van der Waals surface area (Å²) in [5.41, 5.74) is 0. The Morgan fingerprint density at radius 2 is 2.06 bits per heavy atom. The SMILES string of the molecule is COC(CO)COC1=C(O)C(=O)O[C@@H]1[C@@H](O)CO. The zero-order valence-corrected chi connectivity index (χ0v) is 9.78. The van der Waals surface area contributed by atoms with Crippen LogP contribution in [0.4, 0.5) is 0 Å². The first-order chi connectivity index (χ1) is 8.54. The fourth-order valence-electron chi connectivity index (χ4n) is 1.34. The predicted octanol–water partition coefficient (Wildman–Crippen LogP) is -1.94. The van der Waals surface area contributed by atoms with Crippen molar-refractivity contribution in [3.63, 3.8) is 0 Å². The van der Waals surface area contributed by atoms with Gasteiger partial charge < -0.3 is 34.6 Å². The highest BCUT2D eigenvalue weighted by Crippen LogP contribution is 2.25. The minimum absolute atomic E-state index is 0.141. The van der Waals surface area contributed by atoms with Crippen LogP contribution in [0.15, 0.2) is 11.5 Å². The fourth-order valence-corrected chi connectivity index (χ4v) is 1.34. The van der Waals surface area contributed by atoms with Gasteiger partial charge in [-0.3, -0.25) is 0 Å². The minimum Gasteiger partial charge on any atom is -0.499 e. The summed E-state index contributed by atoms with van der Waals surface area (Å²) >= 11 is 0. The molecule has 1 unspecified atom stereocenters. The molecule has 1 aliphatic rings. The molecule has 18 heavy (non-hydrogen) atoms. The van der Waals surface area contributed by atoms with Gasteiger partial charge in [-0.1, -0.05) is 0 Å². The molecule has 0 amide bonds. The second-order valence-electron chi connectivity index (χ2n) is 3.64. The van der Waals surface area contributed by atoms with E-state index in [0.717, 1.165) is 0 Å². The molecule has 8 nitrogen and oxygen atoms in total. The Morgan fingerprint density at radius 3 is 2.56 bits per heavy atom. The number of hydrogen-bond acceptors (Lipinski definition) is 8. The van der Waals surface area contributed by atoms with E-state index in [1.54, 1.807) is 0 Å². The third kappa shape index (κ3) is 3.10. The summed E-state index contributed by atoms with van der Waals surface area (Å²) in [6.07, 6.45) is -3.31. The van der Waals surface area contributed by atoms with Crippen LogP contribution >= 0.6 is 0 Å². The number of aliphatic hydroxyl groups excluding tert-OH is 4. The molecule has 0 fully saturated rings. The molecule has 1 aliphatic heterocycles. The molecule has 0 radical (unpaired) electrons. The molecule has 0 spiro atoms. The van der Waals surface area contributed by atoms with Gasteiger partial charge in [0.2, 0.25) is 5.76 Å². The van der Waals surface area contributed by atoms with Crippen LogP contribution in [0.25, 0.3) is 0 Å². The molecule has 1 rings (SSSR count). The maximum absolute atomic E-state index is 11.1. The van der Waals surface area contributed by atoms with Gasteiger partial charge in [-0.2, -0.15) is 0 Å². The van der Waals surface area contributed by atoms with Crippen LogP contribution in [0.3, 0.4) is 0 Å². The van der Waals surface area contributed by atoms with Gasteiger partial charge in [-0.05, 0) is 0 Å². The quantitative estimate of drug-likeness (QED) is 0.391. The van der Waals surface area contributed by atoms with Gasteiger partial charge in [0.05, 0.1) is 13.2 Å². The van der Waals surface area contributed by atoms with E-state index in [1.165, 1.54) is 7.11 Å². The van der Waals surface area contributed by atoms with Crippen LogP contribution < -0.4 is 0 Å². The zero-order valence-electron chi connectivity index (χ0n) is 9.78. The Labute approximate surface area is 103 Å². The summed E-state index contributed by atoms with van der Waals surface area (Å²) in [6, 6.07) is 0. The molecular formula is C10H16O8. The Kier molecular flexibility index (Phi) is 5.35. The highest BCUT2D eigenvalue weighted by Gasteiger charge is 2.40. The molecule has 0 saturated heterocycles. The Bertz CT molecular complexity index is 322. The molecule has 0 bridgehead atoms. The lowest BCUT2D eigenvalue weighted by Crippen LogP contribution is -2.33. The standard InChI is InChI=1S/C10H16O8/c1-16-5(2-11)4-17-9-7(14)10(15)18-8(9)6(13)3-12/h5-6,8,11-14H,2-4H2,1H3/t5?,6-,8+/m0/s1. The first kappa shape index (κ1) is 14.7. The maximum atomic E-state index is 11.1. The van der Waals surface area contributed by atoms with Crippen molar-refractivity contribution in [1.29, 1.82) is 0 Å². The molecule has 0 aromatic rings. The summed E-state index contributed by atoms with van der Waals surface area (Å²) in [6.45, 7) is -1.12. The molecule has 3 atom stereocenters. The number of cyclic esters (lactones) is 1. The van der Waals surface area contributed by atoms with Gasteiger partial charge in [0.25, 0.3) is 0 Å². The van der Waals surface area contributed by atoms with Gasteiger partial charge in [-0.25, -0.2) is 4.79 Å². The highest BCUT2D eigenvalue weighted by molar-refractivity contribution is 5.89. The number of carbonyl (C=O) groups is 1. The van der Waals surface area contributed by atoms with Crippen molar-refractivity contribution in [2.75, 3.05) is 26.9 Å². The second kappa shape index (κ2) is 6.55. The molecule has 0 saturated carbocycles. The summed E-state index contributed by atoms with van der Waals surface area (Å²) in [5, 5.41) is 36.5. The number of carbonyl (C=O) groups excluding carboxylic acids is 1. The Hall–Kier alpha value is -1.35. The molecule has 0 aromatic carbocycles. The second-order valence-corrected chi connectivity index (χ2v) is 3.64. The van der Waals surface area contributed by atoms with Crippen molar-refractivity contribution in [3.05, 3.63) is 11.5 Å². The molecular weight excluding hydrogens is 248 g/mol. The first-order valence-electron chi connectivity index (χ1n) is 5.24. The molecule has 104 valence electrons. The van der Waals surface area contributed by atoms with E-state index in [4.69, 9.17) is 19.7 Å². The van der Waals surface area contributed by atoms with Crippen LogP contribution in [-0.4, -0.2) is 71.6 Å². The van der Waals surface area contributed by atoms with Gasteiger partial charge in [-0.15, -0.1) is 0 Å². The van der Waals surface area contributed by atoms with E-state index < -0.39 is 36.6 Å². The van der Waals surface area contributed by atoms with Crippen LogP contribution in [0, 0.1) is 0 Å². The minimum atomic E-state index is -1.40. The predicted molar refractivity (Wildman–Crippen MR) is 56.5 cm³/mol. The van der Waals surface area contributed by atoms with E-state index in [1.807, 2.05) is 0 Å². The number of aliphatic hydroxyl groups is 4. The zero-order chi connectivity index (χ0) is 13.7. The first-order valence-corrected chi connectivity index (χ1v) is 5.24. The van der Waals surface area contributed by atoms with Gasteiger partial charge in [0, 0.05) is 7.11 Å². The number of esters is 1. The lowest BCUT2D eigenvalue weighted by atomic mass is 10.2. The van der Waals surface area contributed by atoms with Crippen molar-refractivity contribution < 1.29 is 39.4 Å². The average molecular weight is 264 g/mol. The third-order valence-corrected chi connectivity index (χ3v) is 2.42. The van der Waals surface area contributed by atoms with Gasteiger partial charge in [0.15, 0.2) is 11.9 Å². The van der Waals surface area contributed by atoms with E-state index >= 15 is 0 Å². The molecule has 0 aliphatic carbocycles. The van der Waals surface area contributed by atoms with Crippen LogP contribution in [-0.2, 0) is 19.0 Å². The van der Waals surface area contributed by atoms with Gasteiger partial charge >= 0.3 is 5.97 Å². The largest absolute Gasteiger partial charge is 0.499 e. The lowest BCUT2D eigenvalue weighted by molar-refractivity contribution is -0.148. The molecule has 1 heterocycles. The van der Waals surface area contributed by atoms with Crippen molar-refractivity contribution in [2.24, 2.45) is 0 Å². The van der Waals surface area contributed by atoms with Crippen LogP contribution in [0.1, 0.15) is 0 Å². The topological polar surface area (TPSA) is 126 Å². The number of ether oxygens (including phenoxy) is 3. The third-order valence-electron chi connectivity index (χ3n) is 2.42. The van der Waals surface area contributed by atoms with Crippen molar-refractivity contribution in [3.8, 4) is 0 Å². The number of hydrogen-bond donors (Lipinski definition) is 4. The van der Waals surface area contributed by atoms with E-state index in [-0.39, 0.29) is 19.0 Å². The van der Waals surface area contributed by atoms with Crippen LogP contribution in [0.2, 0.25) is 0 Å². The highest BCUT2D eigenvalue weighted by atomic mass is 16.6. The lowest BCUT2D eigenvalue weighted by Gasteiger charge is -2.20. The summed E-state index contributed by atoms with van der Waals surface area (Å²) in [5.74, 6) is -2.09. The van der Waals surface area contributed by atoms with Gasteiger partial charge in [0.1, 0.15) is 18.8 Å². The van der Waals surface area contributed by atoms with E-state index in [2.05, 4.69) is 4.74 Å². The maximum Gasteiger partial charge on any atom is 0.378 e.